The topological polar surface area (TPSA) is 17.1 Å². The van der Waals surface area contributed by atoms with Crippen LogP contribution in [0.3, 0.4) is 0 Å². The number of benzene rings is 2. The van der Waals surface area contributed by atoms with E-state index in [1.54, 1.807) is 25.1 Å². The molecular weight excluding hydrogens is 302 g/mol. The van der Waals surface area contributed by atoms with Crippen molar-refractivity contribution in [2.75, 3.05) is 0 Å². The van der Waals surface area contributed by atoms with Gasteiger partial charge in [0.05, 0.1) is 15.8 Å². The van der Waals surface area contributed by atoms with Crippen LogP contribution in [0.5, 0.6) is 0 Å². The summed E-state index contributed by atoms with van der Waals surface area (Å²) in [4.78, 5) is 12.9. The van der Waals surface area contributed by atoms with Crippen LogP contribution >= 0.6 is 23.4 Å². The van der Waals surface area contributed by atoms with Gasteiger partial charge >= 0.3 is 0 Å². The van der Waals surface area contributed by atoms with Gasteiger partial charge in [-0.25, -0.2) is 8.78 Å². The van der Waals surface area contributed by atoms with Gasteiger partial charge in [0.15, 0.2) is 5.78 Å². The first-order chi connectivity index (χ1) is 9.49. The molecule has 0 radical (unpaired) electrons. The third-order valence-corrected chi connectivity index (χ3v) is 4.33. The van der Waals surface area contributed by atoms with E-state index >= 15 is 0 Å². The number of rotatable bonds is 4. The minimum atomic E-state index is -0.846. The molecule has 1 nitrogen and oxygen atoms in total. The van der Waals surface area contributed by atoms with Crippen LogP contribution in [0.15, 0.2) is 47.4 Å². The molecule has 0 aliphatic heterocycles. The van der Waals surface area contributed by atoms with Gasteiger partial charge in [-0.15, -0.1) is 11.8 Å². The molecule has 0 spiro atoms. The lowest BCUT2D eigenvalue weighted by molar-refractivity contribution is 0.0990. The highest BCUT2D eigenvalue weighted by Gasteiger charge is 2.20. The highest BCUT2D eigenvalue weighted by Crippen LogP contribution is 2.31. The highest BCUT2D eigenvalue weighted by molar-refractivity contribution is 8.00. The maximum atomic E-state index is 13.6. The molecule has 0 aliphatic rings. The largest absolute Gasteiger partial charge is 0.293 e. The Balaban J connectivity index is 2.19. The number of hydrogen-bond donors (Lipinski definition) is 0. The molecule has 0 aliphatic carbocycles. The lowest BCUT2D eigenvalue weighted by Gasteiger charge is -2.12. The van der Waals surface area contributed by atoms with Crippen molar-refractivity contribution in [1.82, 2.24) is 0 Å². The van der Waals surface area contributed by atoms with Gasteiger partial charge in [0, 0.05) is 11.0 Å². The number of carbonyl (C=O) groups excluding carboxylic acids is 1. The van der Waals surface area contributed by atoms with Crippen molar-refractivity contribution in [3.05, 3.63) is 64.7 Å². The van der Waals surface area contributed by atoms with Crippen molar-refractivity contribution in [2.24, 2.45) is 0 Å². The summed E-state index contributed by atoms with van der Waals surface area (Å²) in [6.45, 7) is 1.67. The maximum Gasteiger partial charge on any atom is 0.178 e. The van der Waals surface area contributed by atoms with Crippen LogP contribution in [0, 0.1) is 11.6 Å². The summed E-state index contributed by atoms with van der Waals surface area (Å²) in [5, 5.41) is 0.0200. The predicted octanol–water partition coefficient (Wildman–Crippen LogP) is 4.98. The Hall–Kier alpha value is -1.39. The lowest BCUT2D eigenvalue weighted by Crippen LogP contribution is -2.15. The van der Waals surface area contributed by atoms with Gasteiger partial charge in [-0.05, 0) is 31.2 Å². The summed E-state index contributed by atoms with van der Waals surface area (Å²) in [5.74, 6) is -1.94. The van der Waals surface area contributed by atoms with Crippen LogP contribution in [0.2, 0.25) is 5.02 Å². The Labute approximate surface area is 125 Å². The van der Waals surface area contributed by atoms with Gasteiger partial charge in [0.25, 0.3) is 0 Å². The summed E-state index contributed by atoms with van der Waals surface area (Å²) in [5.41, 5.74) is -0.113. The number of hydrogen-bond acceptors (Lipinski definition) is 2. The third-order valence-electron chi connectivity index (χ3n) is 2.71. The van der Waals surface area contributed by atoms with Gasteiger partial charge < -0.3 is 0 Å². The molecule has 0 N–H and O–H groups in total. The number of halogens is 3. The van der Waals surface area contributed by atoms with E-state index in [0.29, 0.717) is 11.1 Å². The van der Waals surface area contributed by atoms with Crippen LogP contribution in [0.1, 0.15) is 17.3 Å². The molecule has 5 heteroatoms. The van der Waals surface area contributed by atoms with Gasteiger partial charge in [-0.2, -0.15) is 0 Å². The lowest BCUT2D eigenvalue weighted by atomic mass is 10.1. The molecule has 104 valence electrons. The number of thioether (sulfide) groups is 1. The van der Waals surface area contributed by atoms with E-state index in [9.17, 15) is 13.6 Å². The molecule has 2 aromatic rings. The first-order valence-corrected chi connectivity index (χ1v) is 7.15. The zero-order chi connectivity index (χ0) is 14.7. The molecule has 2 rings (SSSR count). The van der Waals surface area contributed by atoms with Gasteiger partial charge in [0.1, 0.15) is 11.6 Å². The zero-order valence-electron chi connectivity index (χ0n) is 10.6. The molecule has 0 aromatic heterocycles. The second kappa shape index (κ2) is 6.37. The monoisotopic (exact) mass is 312 g/mol. The van der Waals surface area contributed by atoms with Crippen LogP contribution < -0.4 is 0 Å². The Morgan fingerprint density at radius 1 is 1.20 bits per heavy atom. The Morgan fingerprint density at radius 2 is 1.90 bits per heavy atom. The predicted molar refractivity (Wildman–Crippen MR) is 77.5 cm³/mol. The Morgan fingerprint density at radius 3 is 2.55 bits per heavy atom. The smallest absolute Gasteiger partial charge is 0.178 e. The van der Waals surface area contributed by atoms with Crippen molar-refractivity contribution in [1.29, 1.82) is 0 Å². The van der Waals surface area contributed by atoms with Gasteiger partial charge in [-0.1, -0.05) is 23.7 Å². The number of ketones is 1. The molecular formula is C15H11ClF2OS. The number of Topliss-reactive ketones (excluding diaryl/α,β-unsaturated/α-hetero) is 1. The average molecular weight is 313 g/mol. The van der Waals surface area contributed by atoms with Crippen molar-refractivity contribution in [3.8, 4) is 0 Å². The third kappa shape index (κ3) is 3.38. The first kappa shape index (κ1) is 15.0. The Bertz CT molecular complexity index is 646. The summed E-state index contributed by atoms with van der Waals surface area (Å²) < 4.78 is 26.4. The normalized spacial score (nSPS) is 12.2. The van der Waals surface area contributed by atoms with E-state index < -0.39 is 22.7 Å². The van der Waals surface area contributed by atoms with Crippen LogP contribution in [0.25, 0.3) is 0 Å². The standard InChI is InChI=1S/C15H11ClF2OS/c1-9(20-14-5-3-2-4-12(14)16)15(19)11-7-6-10(17)8-13(11)18/h2-9H,1H3. The molecule has 0 heterocycles. The molecule has 2 aromatic carbocycles. The first-order valence-electron chi connectivity index (χ1n) is 5.89. The second-order valence-electron chi connectivity index (χ2n) is 4.18. The maximum absolute atomic E-state index is 13.6. The van der Waals surface area contributed by atoms with E-state index in [1.165, 1.54) is 11.8 Å². The van der Waals surface area contributed by atoms with Gasteiger partial charge in [-0.3, -0.25) is 4.79 Å². The van der Waals surface area contributed by atoms with Crippen LogP contribution in [-0.2, 0) is 0 Å². The van der Waals surface area contributed by atoms with Crippen LogP contribution in [0.4, 0.5) is 8.78 Å². The molecule has 1 atom stereocenters. The summed E-state index contributed by atoms with van der Waals surface area (Å²) in [7, 11) is 0. The fourth-order valence-corrected chi connectivity index (χ4v) is 2.91. The minimum Gasteiger partial charge on any atom is -0.293 e. The van der Waals surface area contributed by atoms with Crippen LogP contribution in [-0.4, -0.2) is 11.0 Å². The van der Waals surface area contributed by atoms with Crippen molar-refractivity contribution in [2.45, 2.75) is 17.1 Å². The molecule has 1 unspecified atom stereocenters. The zero-order valence-corrected chi connectivity index (χ0v) is 12.1. The van der Waals surface area contributed by atoms with E-state index in [0.717, 1.165) is 17.0 Å². The fraction of sp³-hybridized carbons (Fsp3) is 0.133. The van der Waals surface area contributed by atoms with Crippen molar-refractivity contribution < 1.29 is 13.6 Å². The molecule has 0 bridgehead atoms. The SMILES string of the molecule is CC(Sc1ccccc1Cl)C(=O)c1ccc(F)cc1F. The highest BCUT2D eigenvalue weighted by atomic mass is 35.5. The van der Waals surface area contributed by atoms with Gasteiger partial charge in [0.2, 0.25) is 0 Å². The molecule has 0 saturated heterocycles. The van der Waals surface area contributed by atoms with E-state index in [-0.39, 0.29) is 5.56 Å². The molecule has 0 amide bonds. The fourth-order valence-electron chi connectivity index (χ4n) is 1.69. The van der Waals surface area contributed by atoms with E-state index in [2.05, 4.69) is 0 Å². The van der Waals surface area contributed by atoms with E-state index in [4.69, 9.17) is 11.6 Å². The molecule has 0 saturated carbocycles. The summed E-state index contributed by atoms with van der Waals surface area (Å²) >= 11 is 7.26. The minimum absolute atomic E-state index is 0.113. The summed E-state index contributed by atoms with van der Waals surface area (Å²) in [6.07, 6.45) is 0. The quantitative estimate of drug-likeness (QED) is 0.585. The Kier molecular flexibility index (Phi) is 4.78. The van der Waals surface area contributed by atoms with Crippen molar-refractivity contribution in [3.63, 3.8) is 0 Å². The number of carbonyl (C=O) groups is 1. The molecule has 20 heavy (non-hydrogen) atoms. The van der Waals surface area contributed by atoms with E-state index in [1.807, 2.05) is 6.07 Å². The second-order valence-corrected chi connectivity index (χ2v) is 5.97. The van der Waals surface area contributed by atoms with Crippen molar-refractivity contribution >= 4 is 29.1 Å². The summed E-state index contributed by atoms with van der Waals surface area (Å²) in [6, 6.07) is 10.1. The average Bonchev–Trinajstić information content (AvgIpc) is 2.40. The molecule has 0 fully saturated rings.